The highest BCUT2D eigenvalue weighted by atomic mass is 19.4. The van der Waals surface area contributed by atoms with Gasteiger partial charge in [0.2, 0.25) is 0 Å². The largest absolute Gasteiger partial charge is 0.433 e. The van der Waals surface area contributed by atoms with Crippen LogP contribution in [-0.4, -0.2) is 20.8 Å². The number of aromatic nitrogens is 2. The number of alkyl halides is 3. The van der Waals surface area contributed by atoms with E-state index in [1.54, 1.807) is 0 Å². The van der Waals surface area contributed by atoms with Gasteiger partial charge in [0.15, 0.2) is 5.84 Å². The summed E-state index contributed by atoms with van der Waals surface area (Å²) in [4.78, 5) is 0. The highest BCUT2D eigenvalue weighted by molar-refractivity contribution is 5.93. The van der Waals surface area contributed by atoms with Crippen molar-refractivity contribution in [1.82, 2.24) is 15.3 Å². The normalized spacial score (nSPS) is 11.5. The summed E-state index contributed by atoms with van der Waals surface area (Å²) in [6, 6.07) is 0.672. The molecule has 0 spiro atoms. The zero-order valence-electron chi connectivity index (χ0n) is 7.05. The topological polar surface area (TPSA) is 73.9 Å². The third kappa shape index (κ3) is 1.84. The van der Waals surface area contributed by atoms with Crippen LogP contribution in [0, 0.1) is 5.41 Å². The maximum absolute atomic E-state index is 12.2. The van der Waals surface area contributed by atoms with E-state index >= 15 is 0 Å². The van der Waals surface area contributed by atoms with Gasteiger partial charge in [0.25, 0.3) is 0 Å². The van der Waals surface area contributed by atoms with E-state index in [-0.39, 0.29) is 5.69 Å². The zero-order chi connectivity index (χ0) is 10.9. The highest BCUT2D eigenvalue weighted by Gasteiger charge is 2.35. The molecule has 5 nitrogen and oxygen atoms in total. The number of hydrogen-bond acceptors (Lipinski definition) is 3. The van der Waals surface area contributed by atoms with Crippen molar-refractivity contribution >= 4 is 5.84 Å². The quantitative estimate of drug-likeness (QED) is 0.362. The molecule has 0 aromatic carbocycles. The Labute approximate surface area is 76.6 Å². The summed E-state index contributed by atoms with van der Waals surface area (Å²) in [5.74, 6) is -0.587. The van der Waals surface area contributed by atoms with Crippen LogP contribution in [0.1, 0.15) is 11.4 Å². The number of rotatable bonds is 1. The van der Waals surface area contributed by atoms with Crippen LogP contribution in [0.25, 0.3) is 0 Å². The molecule has 1 aromatic rings. The van der Waals surface area contributed by atoms with E-state index < -0.39 is 17.7 Å². The molecule has 0 atom stereocenters. The number of nitrogens with zero attached hydrogens (tertiary/aromatic N) is 2. The lowest BCUT2D eigenvalue weighted by molar-refractivity contribution is -0.143. The molecular weight excluding hydrogens is 201 g/mol. The number of hydroxylamine groups is 1. The van der Waals surface area contributed by atoms with Crippen LogP contribution in [0.3, 0.4) is 0 Å². The van der Waals surface area contributed by atoms with Crippen molar-refractivity contribution < 1.29 is 18.4 Å². The summed E-state index contributed by atoms with van der Waals surface area (Å²) in [6.45, 7) is 0. The van der Waals surface area contributed by atoms with Crippen molar-refractivity contribution in [2.45, 2.75) is 6.18 Å². The second kappa shape index (κ2) is 3.29. The third-order valence-electron chi connectivity index (χ3n) is 1.54. The fourth-order valence-corrected chi connectivity index (χ4v) is 0.912. The van der Waals surface area contributed by atoms with Crippen LogP contribution in [0.4, 0.5) is 13.2 Å². The molecule has 0 amide bonds. The van der Waals surface area contributed by atoms with Gasteiger partial charge in [0, 0.05) is 7.05 Å². The summed E-state index contributed by atoms with van der Waals surface area (Å²) >= 11 is 0. The van der Waals surface area contributed by atoms with Crippen LogP contribution < -0.4 is 5.48 Å². The summed E-state index contributed by atoms with van der Waals surface area (Å²) in [5.41, 5.74) is 0.159. The van der Waals surface area contributed by atoms with E-state index in [4.69, 9.17) is 10.6 Å². The smallest absolute Gasteiger partial charge is 0.290 e. The van der Waals surface area contributed by atoms with Crippen molar-refractivity contribution in [1.29, 1.82) is 5.41 Å². The Morgan fingerprint density at radius 2 is 2.21 bits per heavy atom. The van der Waals surface area contributed by atoms with E-state index in [0.29, 0.717) is 10.7 Å². The first-order valence-electron chi connectivity index (χ1n) is 3.46. The number of hydrogen-bond donors (Lipinski definition) is 3. The standard InChI is InChI=1S/C6H7F3N4O/c1-13-4(6(7,8)9)2-3(11-13)5(10)12-14/h2,14H,1H3,(H2,10,12). The molecule has 0 fully saturated rings. The van der Waals surface area contributed by atoms with Crippen LogP contribution in [-0.2, 0) is 13.2 Å². The third-order valence-corrected chi connectivity index (χ3v) is 1.54. The Bertz CT molecular complexity index is 356. The van der Waals surface area contributed by atoms with Crippen molar-refractivity contribution in [3.63, 3.8) is 0 Å². The Hall–Kier alpha value is -1.57. The molecule has 3 N–H and O–H groups in total. The molecule has 0 radical (unpaired) electrons. The monoisotopic (exact) mass is 208 g/mol. The average molecular weight is 208 g/mol. The van der Waals surface area contributed by atoms with Gasteiger partial charge < -0.3 is 0 Å². The Morgan fingerprint density at radius 3 is 2.57 bits per heavy atom. The molecule has 0 bridgehead atoms. The molecule has 8 heteroatoms. The Kier molecular flexibility index (Phi) is 2.47. The van der Waals surface area contributed by atoms with Crippen molar-refractivity contribution in [3.05, 3.63) is 17.5 Å². The second-order valence-corrected chi connectivity index (χ2v) is 2.52. The van der Waals surface area contributed by atoms with E-state index in [2.05, 4.69) is 5.10 Å². The first-order chi connectivity index (χ1) is 6.36. The fraction of sp³-hybridized carbons (Fsp3) is 0.333. The first-order valence-corrected chi connectivity index (χ1v) is 3.46. The van der Waals surface area contributed by atoms with E-state index in [1.807, 2.05) is 0 Å². The summed E-state index contributed by atoms with van der Waals surface area (Å²) in [7, 11) is 1.11. The SMILES string of the molecule is Cn1nc(C(=N)NO)cc1C(F)(F)F. The second-order valence-electron chi connectivity index (χ2n) is 2.52. The molecule has 0 saturated carbocycles. The zero-order valence-corrected chi connectivity index (χ0v) is 7.05. The summed E-state index contributed by atoms with van der Waals surface area (Å²) in [5, 5.41) is 18.7. The van der Waals surface area contributed by atoms with Gasteiger partial charge in [-0.25, -0.2) is 0 Å². The summed E-state index contributed by atoms with van der Waals surface area (Å²) < 4.78 is 37.2. The molecule has 0 aliphatic rings. The van der Waals surface area contributed by atoms with Crippen LogP contribution in [0.5, 0.6) is 0 Å². The van der Waals surface area contributed by atoms with Gasteiger partial charge in [-0.2, -0.15) is 18.3 Å². The minimum absolute atomic E-state index is 0.276. The van der Waals surface area contributed by atoms with Crippen molar-refractivity contribution in [2.24, 2.45) is 7.05 Å². The van der Waals surface area contributed by atoms with Gasteiger partial charge in [-0.05, 0) is 6.07 Å². The van der Waals surface area contributed by atoms with Crippen molar-refractivity contribution in [2.75, 3.05) is 0 Å². The molecule has 0 aliphatic carbocycles. The van der Waals surface area contributed by atoms with Gasteiger partial charge in [-0.1, -0.05) is 0 Å². The number of amidine groups is 1. The van der Waals surface area contributed by atoms with Crippen molar-refractivity contribution in [3.8, 4) is 0 Å². The molecule has 0 aliphatic heterocycles. The highest BCUT2D eigenvalue weighted by Crippen LogP contribution is 2.29. The molecule has 14 heavy (non-hydrogen) atoms. The van der Waals surface area contributed by atoms with Crippen LogP contribution >= 0.6 is 0 Å². The molecule has 1 rings (SSSR count). The van der Waals surface area contributed by atoms with E-state index in [0.717, 1.165) is 7.05 Å². The lowest BCUT2D eigenvalue weighted by Crippen LogP contribution is -2.19. The number of aryl methyl sites for hydroxylation is 1. The van der Waals surface area contributed by atoms with E-state index in [9.17, 15) is 13.2 Å². The molecular formula is C6H7F3N4O. The number of halogens is 3. The Morgan fingerprint density at radius 1 is 1.64 bits per heavy atom. The van der Waals surface area contributed by atoms with Crippen LogP contribution in [0.15, 0.2) is 6.07 Å². The van der Waals surface area contributed by atoms with Gasteiger partial charge in [0.05, 0.1) is 0 Å². The molecule has 1 heterocycles. The predicted octanol–water partition coefficient (Wildman–Crippen LogP) is 0.743. The number of nitrogens with one attached hydrogen (secondary N) is 2. The average Bonchev–Trinajstić information content (AvgIpc) is 2.45. The summed E-state index contributed by atoms with van der Waals surface area (Å²) in [6.07, 6.45) is -4.52. The maximum atomic E-state index is 12.2. The minimum Gasteiger partial charge on any atom is -0.290 e. The first kappa shape index (κ1) is 10.5. The molecule has 0 saturated heterocycles. The van der Waals surface area contributed by atoms with E-state index in [1.165, 1.54) is 5.48 Å². The van der Waals surface area contributed by atoms with Gasteiger partial charge in [0.1, 0.15) is 11.4 Å². The lowest BCUT2D eigenvalue weighted by Gasteiger charge is -2.04. The van der Waals surface area contributed by atoms with Crippen LogP contribution in [0.2, 0.25) is 0 Å². The van der Waals surface area contributed by atoms with Gasteiger partial charge in [-0.3, -0.25) is 20.8 Å². The predicted molar refractivity (Wildman–Crippen MR) is 40.0 cm³/mol. The lowest BCUT2D eigenvalue weighted by atomic mass is 10.3. The molecule has 1 aromatic heterocycles. The fourth-order valence-electron chi connectivity index (χ4n) is 0.912. The molecule has 78 valence electrons. The van der Waals surface area contributed by atoms with Gasteiger partial charge >= 0.3 is 6.18 Å². The van der Waals surface area contributed by atoms with Gasteiger partial charge in [-0.15, -0.1) is 0 Å². The maximum Gasteiger partial charge on any atom is 0.433 e. The minimum atomic E-state index is -4.52. The Balaban J connectivity index is 3.12. The molecule has 0 unspecified atom stereocenters.